The van der Waals surface area contributed by atoms with Gasteiger partial charge in [-0.2, -0.15) is 0 Å². The first-order chi connectivity index (χ1) is 8.17. The molecular formula is C13H16N4. The van der Waals surface area contributed by atoms with Gasteiger partial charge in [-0.3, -0.25) is 0 Å². The molecule has 3 heterocycles. The van der Waals surface area contributed by atoms with E-state index in [2.05, 4.69) is 52.8 Å². The van der Waals surface area contributed by atoms with Gasteiger partial charge in [0, 0.05) is 11.4 Å². The van der Waals surface area contributed by atoms with Crippen molar-refractivity contribution in [1.29, 1.82) is 0 Å². The summed E-state index contributed by atoms with van der Waals surface area (Å²) in [4.78, 5) is 15.8. The van der Waals surface area contributed by atoms with Crippen LogP contribution in [0.4, 0.5) is 0 Å². The van der Waals surface area contributed by atoms with E-state index in [1.807, 2.05) is 0 Å². The van der Waals surface area contributed by atoms with Gasteiger partial charge in [-0.05, 0) is 24.5 Å². The second-order valence-corrected chi connectivity index (χ2v) is 4.72. The maximum Gasteiger partial charge on any atom is 0.158 e. The van der Waals surface area contributed by atoms with Crippen LogP contribution in [0.3, 0.4) is 0 Å². The summed E-state index contributed by atoms with van der Waals surface area (Å²) >= 11 is 0. The molecule has 0 amide bonds. The molecule has 0 fully saturated rings. The Bertz CT molecular complexity index is 624. The van der Waals surface area contributed by atoms with Crippen molar-refractivity contribution in [1.82, 2.24) is 19.9 Å². The molecule has 3 rings (SSSR count). The summed E-state index contributed by atoms with van der Waals surface area (Å²) in [5, 5.41) is 0. The predicted octanol–water partition coefficient (Wildman–Crippen LogP) is 3.13. The second kappa shape index (κ2) is 3.58. The van der Waals surface area contributed by atoms with Gasteiger partial charge in [0.25, 0.3) is 0 Å². The van der Waals surface area contributed by atoms with Crippen LogP contribution < -0.4 is 0 Å². The van der Waals surface area contributed by atoms with Crippen LogP contribution in [-0.2, 0) is 6.42 Å². The van der Waals surface area contributed by atoms with E-state index in [0.717, 1.165) is 28.7 Å². The van der Waals surface area contributed by atoms with Crippen LogP contribution in [0.5, 0.6) is 0 Å². The molecule has 17 heavy (non-hydrogen) atoms. The molecule has 0 radical (unpaired) electrons. The zero-order chi connectivity index (χ0) is 12.0. The van der Waals surface area contributed by atoms with Crippen LogP contribution in [0.15, 0.2) is 12.1 Å². The van der Waals surface area contributed by atoms with Gasteiger partial charge in [-0.1, -0.05) is 20.8 Å². The summed E-state index contributed by atoms with van der Waals surface area (Å²) in [7, 11) is 0. The Balaban J connectivity index is 2.24. The molecule has 4 nitrogen and oxygen atoms in total. The van der Waals surface area contributed by atoms with Gasteiger partial charge in [-0.25, -0.2) is 9.97 Å². The number of aryl methyl sites for hydroxylation is 1. The molecule has 0 bridgehead atoms. The van der Waals surface area contributed by atoms with Gasteiger partial charge < -0.3 is 9.97 Å². The molecule has 0 aliphatic rings. The maximum absolute atomic E-state index is 4.62. The van der Waals surface area contributed by atoms with Crippen molar-refractivity contribution in [2.45, 2.75) is 33.1 Å². The molecule has 0 aromatic carbocycles. The maximum atomic E-state index is 4.62. The van der Waals surface area contributed by atoms with E-state index in [1.54, 1.807) is 0 Å². The van der Waals surface area contributed by atoms with Crippen molar-refractivity contribution >= 4 is 22.3 Å². The molecule has 2 N–H and O–H groups in total. The van der Waals surface area contributed by atoms with Gasteiger partial charge in [-0.15, -0.1) is 0 Å². The van der Waals surface area contributed by atoms with Gasteiger partial charge in [0.15, 0.2) is 11.3 Å². The third kappa shape index (κ3) is 1.60. The Kier molecular flexibility index (Phi) is 2.18. The van der Waals surface area contributed by atoms with E-state index >= 15 is 0 Å². The van der Waals surface area contributed by atoms with Crippen LogP contribution in [0, 0.1) is 0 Å². The standard InChI is InChI=1S/C13H16N4/c1-4-8-5-10-12(14-8)17-13-11(15-10)6-9(16-13)7(2)3/h5-7H,4H2,1-3H3,(H2,14,16,17). The lowest BCUT2D eigenvalue weighted by Crippen LogP contribution is -1.86. The van der Waals surface area contributed by atoms with Gasteiger partial charge in [0.2, 0.25) is 0 Å². The number of aromatic nitrogens is 4. The van der Waals surface area contributed by atoms with Gasteiger partial charge in [0.05, 0.1) is 0 Å². The summed E-state index contributed by atoms with van der Waals surface area (Å²) in [6.45, 7) is 6.44. The number of rotatable bonds is 2. The van der Waals surface area contributed by atoms with E-state index in [4.69, 9.17) is 0 Å². The van der Waals surface area contributed by atoms with Crippen molar-refractivity contribution in [2.75, 3.05) is 0 Å². The Morgan fingerprint density at radius 2 is 1.76 bits per heavy atom. The average molecular weight is 228 g/mol. The zero-order valence-electron chi connectivity index (χ0n) is 10.3. The number of fused-ring (bicyclic) bond motifs is 2. The van der Waals surface area contributed by atoms with Crippen molar-refractivity contribution in [2.24, 2.45) is 0 Å². The summed E-state index contributed by atoms with van der Waals surface area (Å²) in [5.74, 6) is 0.468. The van der Waals surface area contributed by atoms with Crippen LogP contribution >= 0.6 is 0 Å². The van der Waals surface area contributed by atoms with E-state index in [0.29, 0.717) is 5.92 Å². The lowest BCUT2D eigenvalue weighted by molar-refractivity contribution is 0.835. The Morgan fingerprint density at radius 1 is 1.06 bits per heavy atom. The molecule has 0 saturated carbocycles. The third-order valence-electron chi connectivity index (χ3n) is 3.10. The first kappa shape index (κ1) is 10.3. The second-order valence-electron chi connectivity index (χ2n) is 4.72. The highest BCUT2D eigenvalue weighted by Gasteiger charge is 2.09. The Hall–Kier alpha value is -1.84. The monoisotopic (exact) mass is 228 g/mol. The lowest BCUT2D eigenvalue weighted by Gasteiger charge is -1.97. The predicted molar refractivity (Wildman–Crippen MR) is 69.2 cm³/mol. The minimum absolute atomic E-state index is 0.468. The number of nitrogens with zero attached hydrogens (tertiary/aromatic N) is 2. The first-order valence-corrected chi connectivity index (χ1v) is 6.05. The summed E-state index contributed by atoms with van der Waals surface area (Å²) in [6, 6.07) is 4.16. The molecule has 0 saturated heterocycles. The molecular weight excluding hydrogens is 212 g/mol. The van der Waals surface area contributed by atoms with Crippen molar-refractivity contribution in [3.05, 3.63) is 23.5 Å². The van der Waals surface area contributed by atoms with Crippen LogP contribution in [0.25, 0.3) is 22.3 Å². The average Bonchev–Trinajstić information content (AvgIpc) is 2.87. The number of aromatic amines is 2. The van der Waals surface area contributed by atoms with Crippen molar-refractivity contribution in [3.8, 4) is 0 Å². The lowest BCUT2D eigenvalue weighted by atomic mass is 10.1. The minimum atomic E-state index is 0.468. The highest BCUT2D eigenvalue weighted by Crippen LogP contribution is 2.21. The molecule has 3 aromatic rings. The minimum Gasteiger partial charge on any atom is -0.342 e. The molecule has 0 atom stereocenters. The van der Waals surface area contributed by atoms with Crippen molar-refractivity contribution in [3.63, 3.8) is 0 Å². The van der Waals surface area contributed by atoms with E-state index in [-0.39, 0.29) is 0 Å². The molecule has 0 unspecified atom stereocenters. The smallest absolute Gasteiger partial charge is 0.158 e. The first-order valence-electron chi connectivity index (χ1n) is 6.05. The number of H-pyrrole nitrogens is 2. The summed E-state index contributed by atoms with van der Waals surface area (Å²) < 4.78 is 0. The molecule has 0 spiro atoms. The quantitative estimate of drug-likeness (QED) is 0.708. The highest BCUT2D eigenvalue weighted by molar-refractivity contribution is 5.83. The van der Waals surface area contributed by atoms with E-state index in [1.165, 1.54) is 11.4 Å². The van der Waals surface area contributed by atoms with Crippen LogP contribution in [0.1, 0.15) is 38.1 Å². The zero-order valence-corrected chi connectivity index (χ0v) is 10.3. The van der Waals surface area contributed by atoms with E-state index in [9.17, 15) is 0 Å². The fourth-order valence-corrected chi connectivity index (χ4v) is 2.02. The van der Waals surface area contributed by atoms with Gasteiger partial charge >= 0.3 is 0 Å². The van der Waals surface area contributed by atoms with Crippen LogP contribution in [-0.4, -0.2) is 19.9 Å². The topological polar surface area (TPSA) is 57.4 Å². The van der Waals surface area contributed by atoms with Gasteiger partial charge in [0.1, 0.15) is 11.0 Å². The number of hydrogen-bond acceptors (Lipinski definition) is 2. The highest BCUT2D eigenvalue weighted by atomic mass is 15.0. The normalized spacial score (nSPS) is 12.0. The van der Waals surface area contributed by atoms with Crippen LogP contribution in [0.2, 0.25) is 0 Å². The molecule has 4 heteroatoms. The molecule has 3 aromatic heterocycles. The molecule has 0 aliphatic carbocycles. The molecule has 0 aliphatic heterocycles. The van der Waals surface area contributed by atoms with E-state index < -0.39 is 0 Å². The Morgan fingerprint density at radius 3 is 2.47 bits per heavy atom. The third-order valence-corrected chi connectivity index (χ3v) is 3.10. The SMILES string of the molecule is CCc1cc2nc3cc(C(C)C)[nH]c3nc2[nH]1. The number of nitrogens with one attached hydrogen (secondary N) is 2. The summed E-state index contributed by atoms with van der Waals surface area (Å²) in [6.07, 6.45) is 0.975. The fraction of sp³-hybridized carbons (Fsp3) is 0.385. The number of hydrogen-bond donors (Lipinski definition) is 2. The fourth-order valence-electron chi connectivity index (χ4n) is 2.02. The molecule has 88 valence electrons. The largest absolute Gasteiger partial charge is 0.342 e. The summed E-state index contributed by atoms with van der Waals surface area (Å²) in [5.41, 5.74) is 5.99. The van der Waals surface area contributed by atoms with Crippen molar-refractivity contribution < 1.29 is 0 Å². The Labute approximate surface area is 99.5 Å².